The number of alkyl halides is 3. The van der Waals surface area contributed by atoms with Crippen LogP contribution in [0.2, 0.25) is 0 Å². The minimum Gasteiger partial charge on any atom is -0.481 e. The van der Waals surface area contributed by atoms with E-state index in [1.807, 2.05) is 6.92 Å². The molecule has 32 heavy (non-hydrogen) atoms. The van der Waals surface area contributed by atoms with Crippen molar-refractivity contribution in [2.45, 2.75) is 45.7 Å². The summed E-state index contributed by atoms with van der Waals surface area (Å²) < 4.78 is 61.1. The lowest BCUT2D eigenvalue weighted by atomic mass is 10.1. The topological polar surface area (TPSA) is 72.2 Å². The van der Waals surface area contributed by atoms with Crippen molar-refractivity contribution in [1.29, 1.82) is 0 Å². The molecular formula is C22H24F4N4O2. The number of para-hydroxylation sites is 1. The molecule has 172 valence electrons. The first-order valence-electron chi connectivity index (χ1n) is 9.98. The third kappa shape index (κ3) is 5.01. The summed E-state index contributed by atoms with van der Waals surface area (Å²) in [6, 6.07) is 9.03. The number of benzene rings is 2. The van der Waals surface area contributed by atoms with E-state index in [0.29, 0.717) is 17.9 Å². The second kappa shape index (κ2) is 9.15. The van der Waals surface area contributed by atoms with Crippen LogP contribution < -0.4 is 10.1 Å². The van der Waals surface area contributed by atoms with E-state index in [2.05, 4.69) is 15.4 Å². The molecule has 2 atom stereocenters. The number of hydrogen-bond donors (Lipinski definition) is 2. The molecule has 0 amide bonds. The van der Waals surface area contributed by atoms with Crippen molar-refractivity contribution in [2.75, 3.05) is 5.32 Å². The van der Waals surface area contributed by atoms with Gasteiger partial charge in [0.1, 0.15) is 17.4 Å². The monoisotopic (exact) mass is 452 g/mol. The first kappa shape index (κ1) is 23.5. The predicted octanol–water partition coefficient (Wildman–Crippen LogP) is 4.92. The van der Waals surface area contributed by atoms with Gasteiger partial charge in [-0.15, -0.1) is 0 Å². The van der Waals surface area contributed by atoms with Crippen LogP contribution in [0.4, 0.5) is 23.2 Å². The molecule has 0 saturated heterocycles. The van der Waals surface area contributed by atoms with E-state index >= 15 is 4.39 Å². The van der Waals surface area contributed by atoms with Gasteiger partial charge in [0.15, 0.2) is 18.2 Å². The van der Waals surface area contributed by atoms with E-state index in [-0.39, 0.29) is 22.7 Å². The van der Waals surface area contributed by atoms with Crippen molar-refractivity contribution in [3.63, 3.8) is 0 Å². The molecule has 0 radical (unpaired) electrons. The lowest BCUT2D eigenvalue weighted by molar-refractivity contribution is -0.189. The summed E-state index contributed by atoms with van der Waals surface area (Å²) >= 11 is 0. The first-order valence-corrected chi connectivity index (χ1v) is 9.98. The third-order valence-electron chi connectivity index (χ3n) is 5.01. The molecule has 0 aliphatic rings. The number of aromatic nitrogens is 3. The number of halogens is 4. The summed E-state index contributed by atoms with van der Waals surface area (Å²) in [5.41, 5.74) is 1.02. The smallest absolute Gasteiger partial charge is 0.425 e. The van der Waals surface area contributed by atoms with Gasteiger partial charge < -0.3 is 15.2 Å². The maximum absolute atomic E-state index is 15.0. The van der Waals surface area contributed by atoms with Crippen molar-refractivity contribution in [3.05, 3.63) is 59.2 Å². The first-order chi connectivity index (χ1) is 15.0. The van der Waals surface area contributed by atoms with Gasteiger partial charge in [-0.05, 0) is 37.6 Å². The molecule has 2 N–H and O–H groups in total. The molecule has 0 fully saturated rings. The lowest BCUT2D eigenvalue weighted by Gasteiger charge is -2.23. The summed E-state index contributed by atoms with van der Waals surface area (Å²) in [4.78, 5) is 4.24. The summed E-state index contributed by atoms with van der Waals surface area (Å²) in [5.74, 6) is -0.536. The van der Waals surface area contributed by atoms with Gasteiger partial charge in [0.05, 0.1) is 5.56 Å². The van der Waals surface area contributed by atoms with Crippen molar-refractivity contribution >= 4 is 5.69 Å². The largest absolute Gasteiger partial charge is 0.481 e. The summed E-state index contributed by atoms with van der Waals surface area (Å²) in [6.07, 6.45) is -7.83. The fourth-order valence-corrected chi connectivity index (χ4v) is 3.11. The van der Waals surface area contributed by atoms with Gasteiger partial charge >= 0.3 is 6.18 Å². The second-order valence-corrected chi connectivity index (χ2v) is 7.36. The molecule has 3 aromatic rings. The Bertz CT molecular complexity index is 1100. The fourth-order valence-electron chi connectivity index (χ4n) is 3.11. The number of nitrogens with zero attached hydrogens (tertiary/aromatic N) is 3. The molecule has 10 heteroatoms. The Morgan fingerprint density at radius 2 is 1.91 bits per heavy atom. The number of hydrogen-bond acceptors (Lipinski definition) is 5. The van der Waals surface area contributed by atoms with Crippen LogP contribution in [0.3, 0.4) is 0 Å². The minimum absolute atomic E-state index is 0.0132. The highest BCUT2D eigenvalue weighted by molar-refractivity contribution is 5.61. The molecule has 1 aromatic heterocycles. The molecule has 0 spiro atoms. The number of ether oxygens (including phenoxy) is 1. The van der Waals surface area contributed by atoms with Crippen LogP contribution >= 0.6 is 0 Å². The molecular weight excluding hydrogens is 428 g/mol. The van der Waals surface area contributed by atoms with Gasteiger partial charge in [0.2, 0.25) is 0 Å². The van der Waals surface area contributed by atoms with E-state index in [9.17, 15) is 18.3 Å². The maximum Gasteiger partial charge on any atom is 0.425 e. The van der Waals surface area contributed by atoms with Crippen LogP contribution in [0, 0.1) is 12.7 Å². The average molecular weight is 452 g/mol. The molecule has 0 saturated carbocycles. The van der Waals surface area contributed by atoms with E-state index in [1.54, 1.807) is 38.2 Å². The number of aryl methyl sites for hydroxylation is 3. The summed E-state index contributed by atoms with van der Waals surface area (Å²) in [7, 11) is 1.64. The Morgan fingerprint density at radius 1 is 1.22 bits per heavy atom. The zero-order valence-electron chi connectivity index (χ0n) is 18.0. The zero-order valence-corrected chi connectivity index (χ0v) is 18.0. The van der Waals surface area contributed by atoms with Crippen LogP contribution in [0.25, 0.3) is 11.4 Å². The highest BCUT2D eigenvalue weighted by Crippen LogP contribution is 2.36. The van der Waals surface area contributed by atoms with Crippen molar-refractivity contribution in [2.24, 2.45) is 7.05 Å². The Balaban J connectivity index is 2.06. The summed E-state index contributed by atoms with van der Waals surface area (Å²) in [5, 5.41) is 17.6. The minimum atomic E-state index is -4.65. The molecule has 0 aliphatic heterocycles. The van der Waals surface area contributed by atoms with Gasteiger partial charge in [-0.25, -0.2) is 9.37 Å². The van der Waals surface area contributed by atoms with Crippen molar-refractivity contribution in [1.82, 2.24) is 14.8 Å². The number of nitrogens with one attached hydrogen (secondary N) is 1. The quantitative estimate of drug-likeness (QED) is 0.393. The van der Waals surface area contributed by atoms with Crippen molar-refractivity contribution < 1.29 is 27.4 Å². The van der Waals surface area contributed by atoms with Gasteiger partial charge in [0.25, 0.3) is 0 Å². The zero-order chi connectivity index (χ0) is 23.6. The Hall–Kier alpha value is -3.14. The van der Waals surface area contributed by atoms with Gasteiger partial charge in [-0.3, -0.25) is 4.68 Å². The summed E-state index contributed by atoms with van der Waals surface area (Å²) in [6.45, 7) is 4.47. The molecule has 6 nitrogen and oxygen atoms in total. The molecule has 1 unspecified atom stereocenters. The Labute approximate surface area is 182 Å². The fraction of sp³-hybridized carbons (Fsp3) is 0.364. The lowest BCUT2D eigenvalue weighted by Crippen LogP contribution is -2.31. The number of aliphatic hydroxyl groups excluding tert-OH is 1. The van der Waals surface area contributed by atoms with Gasteiger partial charge in [0, 0.05) is 24.7 Å². The SMILES string of the molecule is CCc1nc(-c2cc(O[C@@H](C)C(F)(F)F)c(C(O)Nc3ccccc3C)cc2F)nn1C. The molecule has 1 heterocycles. The maximum atomic E-state index is 15.0. The van der Waals surface area contributed by atoms with Crippen molar-refractivity contribution in [3.8, 4) is 17.1 Å². The van der Waals surface area contributed by atoms with E-state index in [4.69, 9.17) is 4.74 Å². The second-order valence-electron chi connectivity index (χ2n) is 7.36. The standard InChI is InChI=1S/C22H24F4N4O2/c1-5-19-28-20(29-30(19)4)14-11-18(32-13(3)22(24,25)26)15(10-16(14)23)21(31)27-17-9-7-6-8-12(17)2/h6-11,13,21,27,31H,5H2,1-4H3/t13-,21?/m0/s1. The highest BCUT2D eigenvalue weighted by Gasteiger charge is 2.39. The number of rotatable bonds is 7. The predicted molar refractivity (Wildman–Crippen MR) is 112 cm³/mol. The molecule has 3 rings (SSSR count). The average Bonchev–Trinajstić information content (AvgIpc) is 3.10. The Kier molecular flexibility index (Phi) is 6.73. The number of anilines is 1. The van der Waals surface area contributed by atoms with E-state index in [1.165, 1.54) is 4.68 Å². The molecule has 0 aliphatic carbocycles. The van der Waals surface area contributed by atoms with Crippen LogP contribution in [-0.2, 0) is 13.5 Å². The normalized spacial score (nSPS) is 13.7. The van der Waals surface area contributed by atoms with E-state index in [0.717, 1.165) is 24.6 Å². The Morgan fingerprint density at radius 3 is 2.50 bits per heavy atom. The number of aliphatic hydroxyl groups is 1. The highest BCUT2D eigenvalue weighted by atomic mass is 19.4. The van der Waals surface area contributed by atoms with Crippen LogP contribution in [-0.4, -0.2) is 32.2 Å². The van der Waals surface area contributed by atoms with Crippen LogP contribution in [0.15, 0.2) is 36.4 Å². The van der Waals surface area contributed by atoms with Gasteiger partial charge in [-0.2, -0.15) is 18.3 Å². The van der Waals surface area contributed by atoms with Gasteiger partial charge in [-0.1, -0.05) is 25.1 Å². The molecule has 2 aromatic carbocycles. The third-order valence-corrected chi connectivity index (χ3v) is 5.01. The molecule has 0 bridgehead atoms. The van der Waals surface area contributed by atoms with Crippen LogP contribution in [0.5, 0.6) is 5.75 Å². The van der Waals surface area contributed by atoms with E-state index < -0.39 is 24.3 Å². The van der Waals surface area contributed by atoms with Crippen LogP contribution in [0.1, 0.15) is 37.0 Å².